The van der Waals surface area contributed by atoms with Crippen molar-refractivity contribution in [3.05, 3.63) is 47.8 Å². The molecule has 0 bridgehead atoms. The summed E-state index contributed by atoms with van der Waals surface area (Å²) < 4.78 is 15.3. The fraction of sp³-hybridized carbons (Fsp3) is 0.231. The van der Waals surface area contributed by atoms with Crippen LogP contribution in [0, 0.1) is 12.7 Å². The molecule has 2 rings (SSSR count). The molecule has 1 heterocycles. The molecule has 1 aromatic carbocycles. The zero-order chi connectivity index (χ0) is 13.8. The zero-order valence-corrected chi connectivity index (χ0v) is 10.6. The summed E-state index contributed by atoms with van der Waals surface area (Å²) in [6.45, 7) is 2.83. The van der Waals surface area contributed by atoms with Crippen LogP contribution in [0.5, 0.6) is 0 Å². The number of nitrogens with zero attached hydrogens (tertiary/aromatic N) is 2. The number of rotatable bonds is 4. The van der Waals surface area contributed by atoms with Gasteiger partial charge < -0.3 is 15.6 Å². The summed E-state index contributed by atoms with van der Waals surface area (Å²) in [4.78, 5) is 15.8. The third-order valence-corrected chi connectivity index (χ3v) is 2.63. The lowest BCUT2D eigenvalue weighted by molar-refractivity contribution is 0.102. The maximum Gasteiger partial charge on any atom is 0.275 e. The van der Waals surface area contributed by atoms with Gasteiger partial charge in [0.2, 0.25) is 0 Å². The average molecular weight is 262 g/mol. The van der Waals surface area contributed by atoms with Crippen LogP contribution >= 0.6 is 0 Å². The van der Waals surface area contributed by atoms with Crippen LogP contribution in [0.2, 0.25) is 0 Å². The summed E-state index contributed by atoms with van der Waals surface area (Å²) in [5.41, 5.74) is 6.57. The molecule has 3 N–H and O–H groups in total. The summed E-state index contributed by atoms with van der Waals surface area (Å²) in [7, 11) is 0. The van der Waals surface area contributed by atoms with E-state index in [2.05, 4.69) is 10.3 Å². The molecule has 0 aliphatic rings. The lowest BCUT2D eigenvalue weighted by Crippen LogP contribution is -2.14. The highest BCUT2D eigenvalue weighted by atomic mass is 19.1. The molecule has 0 aliphatic carbocycles. The molecule has 0 spiro atoms. The van der Waals surface area contributed by atoms with Crippen LogP contribution in [0.1, 0.15) is 16.1 Å². The highest BCUT2D eigenvalue weighted by Crippen LogP contribution is 2.16. The van der Waals surface area contributed by atoms with Gasteiger partial charge in [0, 0.05) is 19.3 Å². The zero-order valence-electron chi connectivity index (χ0n) is 10.6. The second kappa shape index (κ2) is 5.62. The maximum absolute atomic E-state index is 13.6. The average Bonchev–Trinajstić information content (AvgIpc) is 2.82. The number of anilines is 1. The van der Waals surface area contributed by atoms with Crippen LogP contribution < -0.4 is 11.1 Å². The van der Waals surface area contributed by atoms with Crippen molar-refractivity contribution in [1.82, 2.24) is 9.55 Å². The Kier molecular flexibility index (Phi) is 3.91. The molecule has 0 fully saturated rings. The van der Waals surface area contributed by atoms with Gasteiger partial charge in [0.15, 0.2) is 0 Å². The molecule has 6 heteroatoms. The molecular weight excluding hydrogens is 247 g/mol. The van der Waals surface area contributed by atoms with Gasteiger partial charge in [-0.25, -0.2) is 9.37 Å². The van der Waals surface area contributed by atoms with Crippen molar-refractivity contribution in [3.8, 4) is 0 Å². The van der Waals surface area contributed by atoms with E-state index in [-0.39, 0.29) is 11.4 Å². The summed E-state index contributed by atoms with van der Waals surface area (Å²) in [6, 6.07) is 4.62. The monoisotopic (exact) mass is 262 g/mol. The molecule has 0 aliphatic heterocycles. The number of amides is 1. The topological polar surface area (TPSA) is 72.9 Å². The molecule has 0 radical (unpaired) electrons. The third-order valence-electron chi connectivity index (χ3n) is 2.63. The van der Waals surface area contributed by atoms with Gasteiger partial charge in [-0.1, -0.05) is 6.07 Å². The van der Waals surface area contributed by atoms with Gasteiger partial charge in [0.05, 0.1) is 12.0 Å². The number of benzene rings is 1. The van der Waals surface area contributed by atoms with E-state index in [1.807, 2.05) is 0 Å². The van der Waals surface area contributed by atoms with E-state index >= 15 is 0 Å². The Labute approximate surface area is 110 Å². The Balaban J connectivity index is 2.11. The van der Waals surface area contributed by atoms with Gasteiger partial charge in [-0.15, -0.1) is 0 Å². The molecule has 1 aromatic heterocycles. The van der Waals surface area contributed by atoms with Crippen LogP contribution in [-0.2, 0) is 6.54 Å². The molecule has 19 heavy (non-hydrogen) atoms. The van der Waals surface area contributed by atoms with Gasteiger partial charge in [-0.05, 0) is 24.6 Å². The maximum atomic E-state index is 13.6. The van der Waals surface area contributed by atoms with Crippen molar-refractivity contribution in [2.45, 2.75) is 13.5 Å². The lowest BCUT2D eigenvalue weighted by atomic mass is 10.2. The molecule has 0 saturated heterocycles. The van der Waals surface area contributed by atoms with Crippen molar-refractivity contribution >= 4 is 11.6 Å². The summed E-state index contributed by atoms with van der Waals surface area (Å²) in [5, 5.41) is 2.49. The second-order valence-corrected chi connectivity index (χ2v) is 4.22. The SMILES string of the molecule is Cc1ccc(NC(=O)c2cn(CCN)cn2)c(F)c1. The number of hydrogen-bond donors (Lipinski definition) is 2. The van der Waals surface area contributed by atoms with Gasteiger partial charge in [0.1, 0.15) is 11.5 Å². The second-order valence-electron chi connectivity index (χ2n) is 4.22. The van der Waals surface area contributed by atoms with E-state index in [0.29, 0.717) is 13.1 Å². The Bertz CT molecular complexity index is 594. The van der Waals surface area contributed by atoms with E-state index in [1.54, 1.807) is 23.8 Å². The van der Waals surface area contributed by atoms with Gasteiger partial charge >= 0.3 is 0 Å². The molecule has 100 valence electrons. The van der Waals surface area contributed by atoms with E-state index in [9.17, 15) is 9.18 Å². The van der Waals surface area contributed by atoms with Crippen molar-refractivity contribution in [1.29, 1.82) is 0 Å². The number of aryl methyl sites for hydroxylation is 1. The van der Waals surface area contributed by atoms with Crippen molar-refractivity contribution < 1.29 is 9.18 Å². The first-order valence-corrected chi connectivity index (χ1v) is 5.89. The highest BCUT2D eigenvalue weighted by Gasteiger charge is 2.12. The summed E-state index contributed by atoms with van der Waals surface area (Å²) >= 11 is 0. The Hall–Kier alpha value is -2.21. The Morgan fingerprint density at radius 3 is 3.00 bits per heavy atom. The molecule has 5 nitrogen and oxygen atoms in total. The Morgan fingerprint density at radius 2 is 2.32 bits per heavy atom. The minimum absolute atomic E-state index is 0.143. The quantitative estimate of drug-likeness (QED) is 0.877. The standard InChI is InChI=1S/C13H15FN4O/c1-9-2-3-11(10(14)6-9)17-13(19)12-7-18(5-4-15)8-16-12/h2-3,6-8H,4-5,15H2,1H3,(H,17,19). The van der Waals surface area contributed by atoms with E-state index in [1.165, 1.54) is 18.5 Å². The third kappa shape index (κ3) is 3.17. The molecule has 2 aromatic rings. The molecule has 0 saturated carbocycles. The summed E-state index contributed by atoms with van der Waals surface area (Å²) in [6.07, 6.45) is 3.10. The van der Waals surface area contributed by atoms with Crippen LogP contribution in [-0.4, -0.2) is 22.0 Å². The molecule has 0 unspecified atom stereocenters. The van der Waals surface area contributed by atoms with Gasteiger partial charge in [-0.3, -0.25) is 4.79 Å². The smallest absolute Gasteiger partial charge is 0.275 e. The van der Waals surface area contributed by atoms with Crippen molar-refractivity contribution in [3.63, 3.8) is 0 Å². The van der Waals surface area contributed by atoms with Crippen molar-refractivity contribution in [2.24, 2.45) is 5.73 Å². The number of carbonyl (C=O) groups excluding carboxylic acids is 1. The number of carbonyl (C=O) groups is 1. The first kappa shape index (κ1) is 13.2. The number of aromatic nitrogens is 2. The molecular formula is C13H15FN4O. The van der Waals surface area contributed by atoms with Crippen LogP contribution in [0.4, 0.5) is 10.1 Å². The Morgan fingerprint density at radius 1 is 1.53 bits per heavy atom. The number of nitrogens with two attached hydrogens (primary N) is 1. The summed E-state index contributed by atoms with van der Waals surface area (Å²) in [5.74, 6) is -0.909. The predicted octanol–water partition coefficient (Wildman–Crippen LogP) is 1.54. The number of hydrogen-bond acceptors (Lipinski definition) is 3. The van der Waals surface area contributed by atoms with Gasteiger partial charge in [-0.2, -0.15) is 0 Å². The van der Waals surface area contributed by atoms with E-state index in [4.69, 9.17) is 5.73 Å². The van der Waals surface area contributed by atoms with Crippen molar-refractivity contribution in [2.75, 3.05) is 11.9 Å². The fourth-order valence-corrected chi connectivity index (χ4v) is 1.66. The number of imidazole rings is 1. The first-order valence-electron chi connectivity index (χ1n) is 5.89. The van der Waals surface area contributed by atoms with E-state index in [0.717, 1.165) is 5.56 Å². The number of halogens is 1. The molecule has 0 atom stereocenters. The first-order chi connectivity index (χ1) is 9.10. The van der Waals surface area contributed by atoms with Crippen LogP contribution in [0.15, 0.2) is 30.7 Å². The van der Waals surface area contributed by atoms with E-state index < -0.39 is 11.7 Å². The van der Waals surface area contributed by atoms with Crippen LogP contribution in [0.25, 0.3) is 0 Å². The predicted molar refractivity (Wildman–Crippen MR) is 70.4 cm³/mol. The van der Waals surface area contributed by atoms with Crippen LogP contribution in [0.3, 0.4) is 0 Å². The largest absolute Gasteiger partial charge is 0.335 e. The molecule has 1 amide bonds. The lowest BCUT2D eigenvalue weighted by Gasteiger charge is -2.05. The highest BCUT2D eigenvalue weighted by molar-refractivity contribution is 6.02. The fourth-order valence-electron chi connectivity index (χ4n) is 1.66. The minimum Gasteiger partial charge on any atom is -0.335 e. The number of nitrogens with one attached hydrogen (secondary N) is 1. The minimum atomic E-state index is -0.463. The normalized spacial score (nSPS) is 10.5. The van der Waals surface area contributed by atoms with Gasteiger partial charge in [0.25, 0.3) is 5.91 Å².